The molecule has 1 fully saturated rings. The molecule has 3 heterocycles. The highest BCUT2D eigenvalue weighted by Gasteiger charge is 2.43. The number of aryl methyl sites for hydroxylation is 1. The maximum atomic E-state index is 11.6. The van der Waals surface area contributed by atoms with Crippen LogP contribution in [0.25, 0.3) is 5.69 Å². The number of anilines is 1. The second kappa shape index (κ2) is 9.47. The van der Waals surface area contributed by atoms with Gasteiger partial charge in [-0.1, -0.05) is 24.3 Å². The van der Waals surface area contributed by atoms with Crippen molar-refractivity contribution in [1.82, 2.24) is 14.9 Å². The van der Waals surface area contributed by atoms with Gasteiger partial charge < -0.3 is 24.6 Å². The summed E-state index contributed by atoms with van der Waals surface area (Å²) in [5.74, 6) is -0.237. The van der Waals surface area contributed by atoms with Gasteiger partial charge in [-0.05, 0) is 80.2 Å². The Labute approximate surface area is 215 Å². The Kier molecular flexibility index (Phi) is 6.20. The summed E-state index contributed by atoms with van der Waals surface area (Å²) in [7, 11) is 1.65. The minimum Gasteiger partial charge on any atom is -0.495 e. The van der Waals surface area contributed by atoms with Gasteiger partial charge in [0.1, 0.15) is 5.75 Å². The number of carbonyl (C=O) groups is 1. The van der Waals surface area contributed by atoms with Gasteiger partial charge in [-0.3, -0.25) is 4.98 Å². The molecule has 7 nitrogen and oxygen atoms in total. The minimum absolute atomic E-state index is 0.206. The number of nitrogens with one attached hydrogen (secondary N) is 1. The van der Waals surface area contributed by atoms with Crippen LogP contribution in [0.3, 0.4) is 0 Å². The summed E-state index contributed by atoms with van der Waals surface area (Å²) in [6.07, 6.45) is 1.78. The van der Waals surface area contributed by atoms with Gasteiger partial charge in [0.05, 0.1) is 36.1 Å². The molecule has 5 rings (SSSR count). The Morgan fingerprint density at radius 2 is 1.83 bits per heavy atom. The van der Waals surface area contributed by atoms with Gasteiger partial charge in [0.15, 0.2) is 5.11 Å². The number of para-hydroxylation sites is 2. The van der Waals surface area contributed by atoms with E-state index in [0.29, 0.717) is 5.11 Å². The van der Waals surface area contributed by atoms with Crippen LogP contribution in [-0.4, -0.2) is 32.8 Å². The van der Waals surface area contributed by atoms with Crippen molar-refractivity contribution in [1.29, 1.82) is 0 Å². The van der Waals surface area contributed by atoms with Crippen molar-refractivity contribution in [3.8, 4) is 11.4 Å². The standard InChI is InChI=1S/C28H26N4O3S/c1-17-15-21(18(2)31(17)20-10-8-9-19(16-20)27(33)34)26-25(22-11-6-7-14-29-22)30-28(36)32(26)23-12-4-5-13-24(23)35-3/h4-16,25-26H,1-3H3,(H,30,36)(H,33,34)/t25-,26+/m0/s1. The van der Waals surface area contributed by atoms with Crippen LogP contribution in [-0.2, 0) is 0 Å². The summed E-state index contributed by atoms with van der Waals surface area (Å²) >= 11 is 5.87. The molecule has 182 valence electrons. The van der Waals surface area contributed by atoms with Crippen LogP contribution in [0, 0.1) is 13.8 Å². The molecular formula is C28H26N4O3S. The van der Waals surface area contributed by atoms with Crippen LogP contribution in [0.15, 0.2) is 79.0 Å². The Balaban J connectivity index is 1.70. The van der Waals surface area contributed by atoms with Crippen molar-refractivity contribution < 1.29 is 14.6 Å². The highest BCUT2D eigenvalue weighted by molar-refractivity contribution is 7.80. The first kappa shape index (κ1) is 23.6. The molecule has 0 saturated carbocycles. The maximum Gasteiger partial charge on any atom is 0.335 e. The number of aromatic carboxylic acids is 1. The molecule has 0 spiro atoms. The fraction of sp³-hybridized carbons (Fsp3) is 0.179. The zero-order valence-electron chi connectivity index (χ0n) is 20.2. The van der Waals surface area contributed by atoms with Gasteiger partial charge in [0.25, 0.3) is 0 Å². The molecule has 8 heteroatoms. The SMILES string of the molecule is COc1ccccc1N1C(=S)N[C@@H](c2ccccn2)[C@H]1c1cc(C)n(-c2cccc(C(=O)O)c2)c1C. The molecule has 2 atom stereocenters. The summed E-state index contributed by atoms with van der Waals surface area (Å²) in [5, 5.41) is 13.6. The largest absolute Gasteiger partial charge is 0.495 e. The predicted octanol–water partition coefficient (Wildman–Crippen LogP) is 5.37. The summed E-state index contributed by atoms with van der Waals surface area (Å²) in [4.78, 5) is 18.3. The van der Waals surface area contributed by atoms with Gasteiger partial charge in [0.2, 0.25) is 0 Å². The second-order valence-electron chi connectivity index (χ2n) is 8.69. The van der Waals surface area contributed by atoms with Gasteiger partial charge in [-0.2, -0.15) is 0 Å². The lowest BCUT2D eigenvalue weighted by molar-refractivity contribution is 0.0697. The molecule has 0 aliphatic carbocycles. The van der Waals surface area contributed by atoms with Crippen molar-refractivity contribution in [2.75, 3.05) is 12.0 Å². The topological polar surface area (TPSA) is 79.6 Å². The molecule has 2 aromatic carbocycles. The summed E-state index contributed by atoms with van der Waals surface area (Å²) < 4.78 is 7.77. The third kappa shape index (κ3) is 3.99. The van der Waals surface area contributed by atoms with E-state index in [1.165, 1.54) is 0 Å². The van der Waals surface area contributed by atoms with Crippen molar-refractivity contribution in [2.45, 2.75) is 25.9 Å². The molecule has 1 aliphatic heterocycles. The summed E-state index contributed by atoms with van der Waals surface area (Å²) in [6.45, 7) is 4.07. The molecule has 36 heavy (non-hydrogen) atoms. The number of pyridine rings is 1. The number of methoxy groups -OCH3 is 1. The van der Waals surface area contributed by atoms with E-state index >= 15 is 0 Å². The fourth-order valence-electron chi connectivity index (χ4n) is 5.02. The molecule has 4 aromatic rings. The molecule has 0 unspecified atom stereocenters. The second-order valence-corrected chi connectivity index (χ2v) is 9.07. The van der Waals surface area contributed by atoms with Crippen LogP contribution >= 0.6 is 12.2 Å². The van der Waals surface area contributed by atoms with E-state index in [4.69, 9.17) is 17.0 Å². The Bertz CT molecular complexity index is 1450. The highest BCUT2D eigenvalue weighted by atomic mass is 32.1. The monoisotopic (exact) mass is 498 g/mol. The number of ether oxygens (including phenoxy) is 1. The smallest absolute Gasteiger partial charge is 0.335 e. The van der Waals surface area contributed by atoms with Crippen molar-refractivity contribution >= 4 is 29.0 Å². The molecule has 1 saturated heterocycles. The maximum absolute atomic E-state index is 11.6. The van der Waals surface area contributed by atoms with E-state index in [0.717, 1.165) is 39.8 Å². The van der Waals surface area contributed by atoms with Crippen LogP contribution < -0.4 is 15.0 Å². The summed E-state index contributed by atoms with van der Waals surface area (Å²) in [5.41, 5.74) is 5.81. The number of thiocarbonyl (C=S) groups is 1. The predicted molar refractivity (Wildman–Crippen MR) is 143 cm³/mol. The molecule has 1 aliphatic rings. The fourth-order valence-corrected chi connectivity index (χ4v) is 5.36. The third-order valence-electron chi connectivity index (χ3n) is 6.58. The molecule has 2 N–H and O–H groups in total. The zero-order chi connectivity index (χ0) is 25.4. The lowest BCUT2D eigenvalue weighted by atomic mass is 9.96. The van der Waals surface area contributed by atoms with Crippen LogP contribution in [0.4, 0.5) is 5.69 Å². The normalized spacial score (nSPS) is 17.2. The molecular weight excluding hydrogens is 472 g/mol. The number of hydrogen-bond donors (Lipinski definition) is 2. The van der Waals surface area contributed by atoms with Gasteiger partial charge in [-0.25, -0.2) is 4.79 Å². The quantitative estimate of drug-likeness (QED) is 0.346. The molecule has 0 amide bonds. The lowest BCUT2D eigenvalue weighted by Crippen LogP contribution is -2.30. The van der Waals surface area contributed by atoms with Gasteiger partial charge >= 0.3 is 5.97 Å². The average molecular weight is 499 g/mol. The number of hydrogen-bond acceptors (Lipinski definition) is 4. The van der Waals surface area contributed by atoms with Gasteiger partial charge in [-0.15, -0.1) is 0 Å². The highest BCUT2D eigenvalue weighted by Crippen LogP contribution is 2.46. The molecule has 2 aromatic heterocycles. The molecule has 0 bridgehead atoms. The van der Waals surface area contributed by atoms with Crippen LogP contribution in [0.2, 0.25) is 0 Å². The lowest BCUT2D eigenvalue weighted by Gasteiger charge is -2.29. The van der Waals surface area contributed by atoms with E-state index in [1.807, 2.05) is 62.4 Å². The van der Waals surface area contributed by atoms with Crippen LogP contribution in [0.5, 0.6) is 5.75 Å². The number of carboxylic acids is 1. The first-order chi connectivity index (χ1) is 17.4. The Hall–Kier alpha value is -4.17. The van der Waals surface area contributed by atoms with Crippen LogP contribution in [0.1, 0.15) is 45.1 Å². The van der Waals surface area contributed by atoms with E-state index < -0.39 is 5.97 Å². The number of aromatic nitrogens is 2. The Morgan fingerprint density at radius 3 is 2.56 bits per heavy atom. The van der Waals surface area contributed by atoms with E-state index in [-0.39, 0.29) is 17.6 Å². The van der Waals surface area contributed by atoms with E-state index in [9.17, 15) is 9.90 Å². The first-order valence-electron chi connectivity index (χ1n) is 11.6. The first-order valence-corrected chi connectivity index (χ1v) is 12.0. The zero-order valence-corrected chi connectivity index (χ0v) is 21.0. The summed E-state index contributed by atoms with van der Waals surface area (Å²) in [6, 6.07) is 22.4. The van der Waals surface area contributed by atoms with Crippen molar-refractivity contribution in [3.05, 3.63) is 107 Å². The van der Waals surface area contributed by atoms with Gasteiger partial charge in [0, 0.05) is 23.3 Å². The number of nitrogens with zero attached hydrogens (tertiary/aromatic N) is 3. The van der Waals surface area contributed by atoms with E-state index in [1.54, 1.807) is 31.5 Å². The van der Waals surface area contributed by atoms with Crippen molar-refractivity contribution in [2.24, 2.45) is 0 Å². The molecule has 0 radical (unpaired) electrons. The van der Waals surface area contributed by atoms with E-state index in [2.05, 4.69) is 25.8 Å². The average Bonchev–Trinajstić information content (AvgIpc) is 3.39. The van der Waals surface area contributed by atoms with Crippen molar-refractivity contribution in [3.63, 3.8) is 0 Å². The third-order valence-corrected chi connectivity index (χ3v) is 6.90. The number of rotatable bonds is 6. The minimum atomic E-state index is -0.956. The number of carboxylic acid groups (broad SMARTS) is 1. The Morgan fingerprint density at radius 1 is 1.06 bits per heavy atom. The number of benzene rings is 2.